The topological polar surface area (TPSA) is 49.9 Å². The van der Waals surface area contributed by atoms with Gasteiger partial charge in [-0.2, -0.15) is 0 Å². The van der Waals surface area contributed by atoms with Crippen molar-refractivity contribution >= 4 is 17.9 Å². The van der Waals surface area contributed by atoms with Gasteiger partial charge in [0.05, 0.1) is 5.56 Å². The maximum Gasteiger partial charge on any atom is 0.264 e. The fourth-order valence-electron chi connectivity index (χ4n) is 0.858. The molecule has 0 aromatic carbocycles. The number of hydrogen-bond donors (Lipinski definition) is 1. The third-order valence-electron chi connectivity index (χ3n) is 1.42. The number of carbonyl (C=O) groups excluding carboxylic acids is 1. The summed E-state index contributed by atoms with van der Waals surface area (Å²) in [6.07, 6.45) is -2.71. The average molecular weight is 208 g/mol. The summed E-state index contributed by atoms with van der Waals surface area (Å²) in [6, 6.07) is 0.653. The zero-order chi connectivity index (χ0) is 10.0. The molecular weight excluding hydrogens is 204 g/mol. The van der Waals surface area contributed by atoms with E-state index in [1.54, 1.807) is 0 Å². The zero-order valence-corrected chi connectivity index (χ0v) is 6.94. The number of halogens is 3. The molecule has 0 spiro atoms. The van der Waals surface area contributed by atoms with E-state index in [9.17, 15) is 18.4 Å². The number of pyridine rings is 1. The van der Waals surface area contributed by atoms with Gasteiger partial charge in [-0.05, 0) is 0 Å². The summed E-state index contributed by atoms with van der Waals surface area (Å²) in [5.74, 6) is 0. The van der Waals surface area contributed by atoms with Gasteiger partial charge in [0.2, 0.25) is 5.56 Å². The lowest BCUT2D eigenvalue weighted by molar-refractivity contribution is 0.110. The second kappa shape index (κ2) is 3.66. The lowest BCUT2D eigenvalue weighted by atomic mass is 10.1. The number of alkyl halides is 2. The highest BCUT2D eigenvalue weighted by molar-refractivity contribution is 6.31. The van der Waals surface area contributed by atoms with Gasteiger partial charge < -0.3 is 4.98 Å². The monoisotopic (exact) mass is 207 g/mol. The standard InChI is InChI=1S/C7H4ClF2NO2/c8-6-4(2-12)3(7(9)10)1-5(13)11-6/h1-2,7H,(H,11,13). The molecule has 0 aliphatic heterocycles. The number of H-pyrrole nitrogens is 1. The summed E-state index contributed by atoms with van der Waals surface area (Å²) in [5.41, 5.74) is -1.79. The van der Waals surface area contributed by atoms with E-state index in [-0.39, 0.29) is 17.0 Å². The molecule has 0 saturated carbocycles. The van der Waals surface area contributed by atoms with Crippen LogP contribution in [-0.2, 0) is 0 Å². The van der Waals surface area contributed by atoms with Crippen molar-refractivity contribution in [1.82, 2.24) is 4.98 Å². The Morgan fingerprint density at radius 1 is 1.54 bits per heavy atom. The van der Waals surface area contributed by atoms with Gasteiger partial charge in [0.1, 0.15) is 5.15 Å². The van der Waals surface area contributed by atoms with Crippen molar-refractivity contribution in [1.29, 1.82) is 0 Å². The number of aromatic nitrogens is 1. The van der Waals surface area contributed by atoms with E-state index >= 15 is 0 Å². The van der Waals surface area contributed by atoms with Crippen LogP contribution in [0.25, 0.3) is 0 Å². The average Bonchev–Trinajstić information content (AvgIpc) is 2.02. The maximum absolute atomic E-state index is 12.2. The van der Waals surface area contributed by atoms with Gasteiger partial charge >= 0.3 is 0 Å². The first-order valence-corrected chi connectivity index (χ1v) is 3.60. The SMILES string of the molecule is O=Cc1c(C(F)F)cc(=O)[nH]c1Cl. The highest BCUT2D eigenvalue weighted by Gasteiger charge is 2.16. The molecule has 0 fully saturated rings. The van der Waals surface area contributed by atoms with Gasteiger partial charge in [-0.25, -0.2) is 8.78 Å². The molecule has 1 aromatic rings. The second-order valence-corrected chi connectivity index (χ2v) is 2.61. The summed E-state index contributed by atoms with van der Waals surface area (Å²) in [5, 5.41) is -0.363. The first-order chi connectivity index (χ1) is 6.06. The highest BCUT2D eigenvalue weighted by Crippen LogP contribution is 2.23. The van der Waals surface area contributed by atoms with Crippen molar-refractivity contribution in [2.45, 2.75) is 6.43 Å². The quantitative estimate of drug-likeness (QED) is 0.594. The third kappa shape index (κ3) is 1.92. The molecule has 70 valence electrons. The number of hydrogen-bond acceptors (Lipinski definition) is 2. The minimum absolute atomic E-state index is 0.180. The number of aldehydes is 1. The first kappa shape index (κ1) is 9.85. The fourth-order valence-corrected chi connectivity index (χ4v) is 1.10. The molecule has 0 atom stereocenters. The highest BCUT2D eigenvalue weighted by atomic mass is 35.5. The van der Waals surface area contributed by atoms with E-state index in [1.807, 2.05) is 4.98 Å². The van der Waals surface area contributed by atoms with Crippen LogP contribution < -0.4 is 5.56 Å². The largest absolute Gasteiger partial charge is 0.312 e. The smallest absolute Gasteiger partial charge is 0.264 e. The number of nitrogens with one attached hydrogen (secondary N) is 1. The Hall–Kier alpha value is -1.23. The van der Waals surface area contributed by atoms with Crippen LogP contribution in [-0.4, -0.2) is 11.3 Å². The van der Waals surface area contributed by atoms with Gasteiger partial charge in [-0.1, -0.05) is 11.6 Å². The van der Waals surface area contributed by atoms with E-state index in [1.165, 1.54) is 0 Å². The molecule has 1 aromatic heterocycles. The van der Waals surface area contributed by atoms with Crippen LogP contribution in [0.3, 0.4) is 0 Å². The van der Waals surface area contributed by atoms with Crippen molar-refractivity contribution in [2.75, 3.05) is 0 Å². The van der Waals surface area contributed by atoms with Crippen LogP contribution in [0.15, 0.2) is 10.9 Å². The Morgan fingerprint density at radius 3 is 2.62 bits per heavy atom. The van der Waals surface area contributed by atoms with Crippen LogP contribution in [0.5, 0.6) is 0 Å². The predicted molar refractivity (Wildman–Crippen MR) is 42.4 cm³/mol. The molecule has 0 saturated heterocycles. The molecule has 1 heterocycles. The lowest BCUT2D eigenvalue weighted by Gasteiger charge is -2.03. The Labute approximate surface area is 76.3 Å². The van der Waals surface area contributed by atoms with Crippen LogP contribution in [0.1, 0.15) is 22.3 Å². The fraction of sp³-hybridized carbons (Fsp3) is 0.143. The molecule has 3 nitrogen and oxygen atoms in total. The Balaban J connectivity index is 3.47. The molecular formula is C7H4ClF2NO2. The normalized spacial score (nSPS) is 10.5. The van der Waals surface area contributed by atoms with Crippen LogP contribution in [0.2, 0.25) is 5.15 Å². The van der Waals surface area contributed by atoms with Crippen LogP contribution >= 0.6 is 11.6 Å². The summed E-state index contributed by atoms with van der Waals surface area (Å²) < 4.78 is 24.4. The van der Waals surface area contributed by atoms with Gasteiger partial charge in [-0.3, -0.25) is 9.59 Å². The number of rotatable bonds is 2. The minimum Gasteiger partial charge on any atom is -0.312 e. The Bertz CT molecular complexity index is 389. The minimum atomic E-state index is -2.89. The van der Waals surface area contributed by atoms with E-state index < -0.39 is 17.5 Å². The molecule has 0 aliphatic carbocycles. The number of aromatic amines is 1. The molecule has 1 N–H and O–H groups in total. The van der Waals surface area contributed by atoms with E-state index in [0.29, 0.717) is 6.07 Å². The molecule has 0 unspecified atom stereocenters. The molecule has 0 amide bonds. The van der Waals surface area contributed by atoms with Crippen LogP contribution in [0.4, 0.5) is 8.78 Å². The molecule has 0 radical (unpaired) electrons. The van der Waals surface area contributed by atoms with Crippen molar-refractivity contribution < 1.29 is 13.6 Å². The van der Waals surface area contributed by atoms with Crippen molar-refractivity contribution in [3.8, 4) is 0 Å². The molecule has 1 rings (SSSR count). The number of carbonyl (C=O) groups is 1. The van der Waals surface area contributed by atoms with Gasteiger partial charge in [0, 0.05) is 11.6 Å². The van der Waals surface area contributed by atoms with Gasteiger partial charge in [0.15, 0.2) is 6.29 Å². The molecule has 13 heavy (non-hydrogen) atoms. The first-order valence-electron chi connectivity index (χ1n) is 3.22. The van der Waals surface area contributed by atoms with Crippen molar-refractivity contribution in [2.24, 2.45) is 0 Å². The van der Waals surface area contributed by atoms with E-state index in [2.05, 4.69) is 0 Å². The maximum atomic E-state index is 12.2. The molecule has 0 bridgehead atoms. The van der Waals surface area contributed by atoms with Gasteiger partial charge in [0.25, 0.3) is 6.43 Å². The molecule has 6 heteroatoms. The lowest BCUT2D eigenvalue weighted by Crippen LogP contribution is -2.10. The van der Waals surface area contributed by atoms with Crippen molar-refractivity contribution in [3.05, 3.63) is 32.7 Å². The van der Waals surface area contributed by atoms with Crippen LogP contribution in [0, 0.1) is 0 Å². The van der Waals surface area contributed by atoms with E-state index in [0.717, 1.165) is 0 Å². The van der Waals surface area contributed by atoms with Crippen molar-refractivity contribution in [3.63, 3.8) is 0 Å². The van der Waals surface area contributed by atoms with E-state index in [4.69, 9.17) is 11.6 Å². The summed E-state index contributed by atoms with van der Waals surface area (Å²) in [4.78, 5) is 23.0. The predicted octanol–water partition coefficient (Wildman–Crippen LogP) is 1.78. The third-order valence-corrected chi connectivity index (χ3v) is 1.72. The Kier molecular flexibility index (Phi) is 2.77. The summed E-state index contributed by atoms with van der Waals surface area (Å²) in [6.45, 7) is 0. The second-order valence-electron chi connectivity index (χ2n) is 2.24. The summed E-state index contributed by atoms with van der Waals surface area (Å²) in [7, 11) is 0. The molecule has 0 aliphatic rings. The Morgan fingerprint density at radius 2 is 2.15 bits per heavy atom. The summed E-state index contributed by atoms with van der Waals surface area (Å²) >= 11 is 5.36. The van der Waals surface area contributed by atoms with Gasteiger partial charge in [-0.15, -0.1) is 0 Å². The zero-order valence-electron chi connectivity index (χ0n) is 6.18.